The highest BCUT2D eigenvalue weighted by atomic mass is 35.5. The summed E-state index contributed by atoms with van der Waals surface area (Å²) in [5.41, 5.74) is 6.18. The molecule has 1 heterocycles. The van der Waals surface area contributed by atoms with Gasteiger partial charge in [-0.05, 0) is 6.07 Å². The minimum Gasteiger partial charge on any atom is -0.397 e. The van der Waals surface area contributed by atoms with Crippen molar-refractivity contribution in [3.05, 3.63) is 23.0 Å². The van der Waals surface area contributed by atoms with Crippen LogP contribution in [0.1, 0.15) is 10.4 Å². The van der Waals surface area contributed by atoms with Crippen LogP contribution in [0, 0.1) is 0 Å². The zero-order chi connectivity index (χ0) is 13.4. The lowest BCUT2D eigenvalue weighted by atomic mass is 10.2. The fourth-order valence-corrected chi connectivity index (χ4v) is 1.39. The number of nitrogens with zero attached hydrogens (tertiary/aromatic N) is 1. The molecule has 0 bridgehead atoms. The molecule has 0 saturated carbocycles. The standard InChI is InChI=1S/C11H16ClN3O3/c1-17-4-5-18-3-2-14-11(16)9-6-8(13)7-15-10(9)12/h6-7H,2-5,13H2,1H3,(H,14,16). The van der Waals surface area contributed by atoms with Crippen LogP contribution >= 0.6 is 11.6 Å². The van der Waals surface area contributed by atoms with Gasteiger partial charge in [0, 0.05) is 13.7 Å². The molecule has 0 aliphatic carbocycles. The predicted octanol–water partition coefficient (Wildman–Crippen LogP) is 0.710. The predicted molar refractivity (Wildman–Crippen MR) is 68.7 cm³/mol. The average Bonchev–Trinajstić information content (AvgIpc) is 2.36. The number of anilines is 1. The highest BCUT2D eigenvalue weighted by Gasteiger charge is 2.11. The van der Waals surface area contributed by atoms with E-state index in [2.05, 4.69) is 10.3 Å². The van der Waals surface area contributed by atoms with Crippen molar-refractivity contribution in [1.82, 2.24) is 10.3 Å². The molecule has 3 N–H and O–H groups in total. The molecule has 18 heavy (non-hydrogen) atoms. The number of hydrogen-bond acceptors (Lipinski definition) is 5. The van der Waals surface area contributed by atoms with Crippen molar-refractivity contribution >= 4 is 23.2 Å². The number of nitrogens with two attached hydrogens (primary N) is 1. The third-order valence-electron chi connectivity index (χ3n) is 2.07. The highest BCUT2D eigenvalue weighted by molar-refractivity contribution is 6.32. The number of halogens is 1. The third-order valence-corrected chi connectivity index (χ3v) is 2.37. The smallest absolute Gasteiger partial charge is 0.254 e. The van der Waals surface area contributed by atoms with E-state index in [1.54, 1.807) is 7.11 Å². The summed E-state index contributed by atoms with van der Waals surface area (Å²) in [6.45, 7) is 1.81. The quantitative estimate of drug-likeness (QED) is 0.564. The molecule has 0 spiro atoms. The largest absolute Gasteiger partial charge is 0.397 e. The first-order chi connectivity index (χ1) is 8.65. The summed E-state index contributed by atoms with van der Waals surface area (Å²) in [5.74, 6) is -0.324. The maximum atomic E-state index is 11.7. The first-order valence-corrected chi connectivity index (χ1v) is 5.79. The van der Waals surface area contributed by atoms with Gasteiger partial charge in [-0.25, -0.2) is 4.98 Å². The summed E-state index contributed by atoms with van der Waals surface area (Å²) in [6.07, 6.45) is 1.40. The fourth-order valence-electron chi connectivity index (χ4n) is 1.20. The lowest BCUT2D eigenvalue weighted by Crippen LogP contribution is -2.28. The summed E-state index contributed by atoms with van der Waals surface area (Å²) in [6, 6.07) is 1.48. The zero-order valence-electron chi connectivity index (χ0n) is 10.1. The Bertz CT molecular complexity index is 401. The Morgan fingerprint density at radius 1 is 1.50 bits per heavy atom. The number of nitrogen functional groups attached to an aromatic ring is 1. The Morgan fingerprint density at radius 3 is 3.00 bits per heavy atom. The van der Waals surface area contributed by atoms with Gasteiger partial charge in [0.1, 0.15) is 5.15 Å². The van der Waals surface area contributed by atoms with Crippen LogP contribution in [0.2, 0.25) is 5.15 Å². The van der Waals surface area contributed by atoms with Crippen molar-refractivity contribution in [3.63, 3.8) is 0 Å². The Hall–Kier alpha value is -1.37. The summed E-state index contributed by atoms with van der Waals surface area (Å²) in [7, 11) is 1.60. The van der Waals surface area contributed by atoms with Gasteiger partial charge in [-0.1, -0.05) is 11.6 Å². The molecule has 0 unspecified atom stereocenters. The molecule has 0 aliphatic rings. The average molecular weight is 274 g/mol. The molecule has 6 nitrogen and oxygen atoms in total. The number of nitrogens with one attached hydrogen (secondary N) is 1. The second-order valence-electron chi connectivity index (χ2n) is 3.47. The molecule has 100 valence electrons. The van der Waals surface area contributed by atoms with Gasteiger partial charge in [0.2, 0.25) is 0 Å². The van der Waals surface area contributed by atoms with E-state index in [9.17, 15) is 4.79 Å². The van der Waals surface area contributed by atoms with Crippen molar-refractivity contribution in [3.8, 4) is 0 Å². The van der Waals surface area contributed by atoms with Gasteiger partial charge >= 0.3 is 0 Å². The van der Waals surface area contributed by atoms with Gasteiger partial charge in [0.05, 0.1) is 37.3 Å². The number of carbonyl (C=O) groups excluding carboxylic acids is 1. The maximum Gasteiger partial charge on any atom is 0.254 e. The Kier molecular flexibility index (Phi) is 6.42. The molecule has 0 fully saturated rings. The minimum atomic E-state index is -0.324. The normalized spacial score (nSPS) is 10.3. The molecule has 1 amide bonds. The Morgan fingerprint density at radius 2 is 2.28 bits per heavy atom. The monoisotopic (exact) mass is 273 g/mol. The topological polar surface area (TPSA) is 86.5 Å². The van der Waals surface area contributed by atoms with Crippen molar-refractivity contribution in [2.45, 2.75) is 0 Å². The van der Waals surface area contributed by atoms with Crippen molar-refractivity contribution in [1.29, 1.82) is 0 Å². The molecule has 1 aromatic rings. The van der Waals surface area contributed by atoms with Crippen LogP contribution in [0.5, 0.6) is 0 Å². The molecule has 1 rings (SSSR count). The van der Waals surface area contributed by atoms with E-state index >= 15 is 0 Å². The molecule has 0 atom stereocenters. The van der Waals surface area contributed by atoms with E-state index in [0.29, 0.717) is 32.1 Å². The number of amides is 1. The molecule has 0 radical (unpaired) electrons. The highest BCUT2D eigenvalue weighted by Crippen LogP contribution is 2.14. The number of methoxy groups -OCH3 is 1. The van der Waals surface area contributed by atoms with Crippen LogP contribution in [0.25, 0.3) is 0 Å². The van der Waals surface area contributed by atoms with E-state index in [1.807, 2.05) is 0 Å². The van der Waals surface area contributed by atoms with E-state index < -0.39 is 0 Å². The Balaban J connectivity index is 2.34. The SMILES string of the molecule is COCCOCCNC(=O)c1cc(N)cnc1Cl. The van der Waals surface area contributed by atoms with Crippen LogP contribution in [-0.2, 0) is 9.47 Å². The molecule has 0 saturated heterocycles. The molecule has 7 heteroatoms. The van der Waals surface area contributed by atoms with Gasteiger partial charge in [-0.2, -0.15) is 0 Å². The van der Waals surface area contributed by atoms with Crippen molar-refractivity contribution in [2.75, 3.05) is 39.2 Å². The first kappa shape index (κ1) is 14.7. The summed E-state index contributed by atoms with van der Waals surface area (Å²) in [4.78, 5) is 15.5. The lowest BCUT2D eigenvalue weighted by molar-refractivity contribution is 0.0692. The second kappa shape index (κ2) is 7.86. The van der Waals surface area contributed by atoms with E-state index in [0.717, 1.165) is 0 Å². The number of ether oxygens (including phenoxy) is 2. The minimum absolute atomic E-state index is 0.127. The number of aromatic nitrogens is 1. The third kappa shape index (κ3) is 4.87. The summed E-state index contributed by atoms with van der Waals surface area (Å²) < 4.78 is 10.0. The molecule has 1 aromatic heterocycles. The molecular formula is C11H16ClN3O3. The summed E-state index contributed by atoms with van der Waals surface area (Å²) in [5, 5.41) is 2.79. The number of carbonyl (C=O) groups is 1. The Labute approximate surface area is 110 Å². The number of pyridine rings is 1. The van der Waals surface area contributed by atoms with Crippen LogP contribution in [0.3, 0.4) is 0 Å². The molecule has 0 aliphatic heterocycles. The van der Waals surface area contributed by atoms with Gasteiger partial charge in [-0.3, -0.25) is 4.79 Å². The fraction of sp³-hybridized carbons (Fsp3) is 0.455. The van der Waals surface area contributed by atoms with Crippen LogP contribution < -0.4 is 11.1 Å². The molecular weight excluding hydrogens is 258 g/mol. The van der Waals surface area contributed by atoms with Gasteiger partial charge in [0.25, 0.3) is 5.91 Å². The van der Waals surface area contributed by atoms with Gasteiger partial charge in [-0.15, -0.1) is 0 Å². The van der Waals surface area contributed by atoms with E-state index in [1.165, 1.54) is 12.3 Å². The van der Waals surface area contributed by atoms with Crippen molar-refractivity contribution in [2.24, 2.45) is 0 Å². The molecule has 0 aromatic carbocycles. The van der Waals surface area contributed by atoms with Crippen LogP contribution in [0.4, 0.5) is 5.69 Å². The van der Waals surface area contributed by atoms with Gasteiger partial charge < -0.3 is 20.5 Å². The van der Waals surface area contributed by atoms with Crippen molar-refractivity contribution < 1.29 is 14.3 Å². The van der Waals surface area contributed by atoms with Gasteiger partial charge in [0.15, 0.2) is 0 Å². The van der Waals surface area contributed by atoms with E-state index in [4.69, 9.17) is 26.8 Å². The zero-order valence-corrected chi connectivity index (χ0v) is 10.9. The van der Waals surface area contributed by atoms with E-state index in [-0.39, 0.29) is 16.6 Å². The lowest BCUT2D eigenvalue weighted by Gasteiger charge is -2.07. The maximum absolute atomic E-state index is 11.7. The number of hydrogen-bond donors (Lipinski definition) is 2. The van der Waals surface area contributed by atoms with Crippen LogP contribution in [-0.4, -0.2) is 44.4 Å². The second-order valence-corrected chi connectivity index (χ2v) is 3.83. The summed E-state index contributed by atoms with van der Waals surface area (Å²) >= 11 is 5.80. The first-order valence-electron chi connectivity index (χ1n) is 5.41. The number of rotatable bonds is 7. The van der Waals surface area contributed by atoms with Crippen LogP contribution in [0.15, 0.2) is 12.3 Å².